The fourth-order valence-corrected chi connectivity index (χ4v) is 4.64. The van der Waals surface area contributed by atoms with Gasteiger partial charge in [0, 0.05) is 25.4 Å². The third-order valence-corrected chi connectivity index (χ3v) is 6.17. The standard InChI is InChI=1S/C28H29N3O3/c1-2-33-26-16-9-8-15-25(26)31-20-21(19-27(31)32)28-29-23-13-6-7-14-24(23)30(28)17-10-18-34-22-11-4-3-5-12-22/h3-9,11-16,21H,2,10,17-20H2,1H3/t21-/m0/s1. The zero-order valence-corrected chi connectivity index (χ0v) is 19.4. The molecule has 2 heterocycles. The molecule has 1 fully saturated rings. The molecule has 1 saturated heterocycles. The first-order valence-electron chi connectivity index (χ1n) is 11.9. The summed E-state index contributed by atoms with van der Waals surface area (Å²) in [6, 6.07) is 25.8. The van der Waals surface area contributed by atoms with E-state index in [0.717, 1.165) is 47.0 Å². The van der Waals surface area contributed by atoms with E-state index >= 15 is 0 Å². The monoisotopic (exact) mass is 455 g/mol. The molecule has 6 heteroatoms. The molecule has 3 aromatic carbocycles. The van der Waals surface area contributed by atoms with Crippen LogP contribution in [0.1, 0.15) is 31.5 Å². The van der Waals surface area contributed by atoms with Crippen LogP contribution in [0.4, 0.5) is 5.69 Å². The first-order valence-corrected chi connectivity index (χ1v) is 11.9. The van der Waals surface area contributed by atoms with Crippen molar-refractivity contribution in [2.75, 3.05) is 24.7 Å². The minimum atomic E-state index is 0.0182. The number of aromatic nitrogens is 2. The van der Waals surface area contributed by atoms with Crippen molar-refractivity contribution < 1.29 is 14.3 Å². The number of fused-ring (bicyclic) bond motifs is 1. The SMILES string of the molecule is CCOc1ccccc1N1C[C@@H](c2nc3ccccc3n2CCCOc2ccccc2)CC1=O. The molecule has 0 saturated carbocycles. The second kappa shape index (κ2) is 10.00. The second-order valence-corrected chi connectivity index (χ2v) is 8.43. The number of amides is 1. The van der Waals surface area contributed by atoms with Crippen molar-refractivity contribution >= 4 is 22.6 Å². The predicted octanol–water partition coefficient (Wildman–Crippen LogP) is 5.42. The van der Waals surface area contributed by atoms with Crippen molar-refractivity contribution in [3.63, 3.8) is 0 Å². The summed E-state index contributed by atoms with van der Waals surface area (Å²) in [5.74, 6) is 2.70. The van der Waals surface area contributed by atoms with E-state index in [1.165, 1.54) is 0 Å². The number of aryl methyl sites for hydroxylation is 1. The second-order valence-electron chi connectivity index (χ2n) is 8.43. The molecule has 0 bridgehead atoms. The fraction of sp³-hybridized carbons (Fsp3) is 0.286. The number of benzene rings is 3. The van der Waals surface area contributed by atoms with Gasteiger partial charge in [-0.15, -0.1) is 0 Å². The van der Waals surface area contributed by atoms with Crippen LogP contribution in [-0.4, -0.2) is 35.2 Å². The van der Waals surface area contributed by atoms with Crippen molar-refractivity contribution in [2.45, 2.75) is 32.2 Å². The average molecular weight is 456 g/mol. The molecule has 1 aliphatic heterocycles. The van der Waals surface area contributed by atoms with Gasteiger partial charge in [0.25, 0.3) is 0 Å². The number of carbonyl (C=O) groups is 1. The molecule has 0 radical (unpaired) electrons. The van der Waals surface area contributed by atoms with Gasteiger partial charge in [0.2, 0.25) is 5.91 Å². The highest BCUT2D eigenvalue weighted by Gasteiger charge is 2.35. The summed E-state index contributed by atoms with van der Waals surface area (Å²) in [5, 5.41) is 0. The van der Waals surface area contributed by atoms with Crippen LogP contribution in [0.15, 0.2) is 78.9 Å². The number of carbonyl (C=O) groups excluding carboxylic acids is 1. The van der Waals surface area contributed by atoms with Gasteiger partial charge in [-0.1, -0.05) is 42.5 Å². The van der Waals surface area contributed by atoms with Gasteiger partial charge in [-0.2, -0.15) is 0 Å². The van der Waals surface area contributed by atoms with E-state index in [4.69, 9.17) is 14.5 Å². The van der Waals surface area contributed by atoms with Crippen LogP contribution in [0.2, 0.25) is 0 Å². The Morgan fingerprint density at radius 3 is 2.56 bits per heavy atom. The molecule has 0 unspecified atom stereocenters. The summed E-state index contributed by atoms with van der Waals surface area (Å²) < 4.78 is 13.9. The minimum absolute atomic E-state index is 0.0182. The molecule has 0 spiro atoms. The van der Waals surface area contributed by atoms with E-state index in [-0.39, 0.29) is 11.8 Å². The summed E-state index contributed by atoms with van der Waals surface area (Å²) in [6.07, 6.45) is 1.28. The van der Waals surface area contributed by atoms with Crippen molar-refractivity contribution in [1.29, 1.82) is 0 Å². The molecule has 5 rings (SSSR count). The number of imidazole rings is 1. The van der Waals surface area contributed by atoms with Gasteiger partial charge in [0.15, 0.2) is 0 Å². The molecule has 1 aliphatic rings. The van der Waals surface area contributed by atoms with E-state index in [9.17, 15) is 4.79 Å². The molecule has 1 amide bonds. The summed E-state index contributed by atoms with van der Waals surface area (Å²) in [5.41, 5.74) is 2.88. The Balaban J connectivity index is 1.37. The highest BCUT2D eigenvalue weighted by molar-refractivity contribution is 5.97. The summed E-state index contributed by atoms with van der Waals surface area (Å²) in [6.45, 7) is 4.50. The predicted molar refractivity (Wildman–Crippen MR) is 134 cm³/mol. The molecule has 34 heavy (non-hydrogen) atoms. The van der Waals surface area contributed by atoms with Crippen molar-refractivity contribution in [2.24, 2.45) is 0 Å². The lowest BCUT2D eigenvalue weighted by Crippen LogP contribution is -2.25. The fourth-order valence-electron chi connectivity index (χ4n) is 4.64. The zero-order chi connectivity index (χ0) is 23.3. The number of ether oxygens (including phenoxy) is 2. The molecule has 0 aliphatic carbocycles. The molecule has 0 N–H and O–H groups in total. The molecular formula is C28H29N3O3. The van der Waals surface area contributed by atoms with E-state index in [2.05, 4.69) is 10.6 Å². The number of hydrogen-bond donors (Lipinski definition) is 0. The van der Waals surface area contributed by atoms with Crippen molar-refractivity contribution in [1.82, 2.24) is 9.55 Å². The number of anilines is 1. The van der Waals surface area contributed by atoms with Gasteiger partial charge in [0.1, 0.15) is 17.3 Å². The zero-order valence-electron chi connectivity index (χ0n) is 19.4. The van der Waals surface area contributed by atoms with Gasteiger partial charge < -0.3 is 18.9 Å². The smallest absolute Gasteiger partial charge is 0.227 e. The van der Waals surface area contributed by atoms with Crippen LogP contribution in [0, 0.1) is 0 Å². The van der Waals surface area contributed by atoms with Crippen LogP contribution < -0.4 is 14.4 Å². The molecular weight excluding hydrogens is 426 g/mol. The minimum Gasteiger partial charge on any atom is -0.494 e. The average Bonchev–Trinajstić information content (AvgIpc) is 3.43. The Labute approximate surface area is 199 Å². The van der Waals surface area contributed by atoms with E-state index in [1.807, 2.05) is 84.6 Å². The van der Waals surface area contributed by atoms with Crippen LogP contribution in [0.25, 0.3) is 11.0 Å². The Morgan fingerprint density at radius 2 is 1.71 bits per heavy atom. The van der Waals surface area contributed by atoms with Gasteiger partial charge in [-0.05, 0) is 49.7 Å². The number of rotatable bonds is 9. The maximum atomic E-state index is 13.1. The molecule has 174 valence electrons. The Morgan fingerprint density at radius 1 is 0.941 bits per heavy atom. The topological polar surface area (TPSA) is 56.6 Å². The van der Waals surface area contributed by atoms with E-state index < -0.39 is 0 Å². The normalized spacial score (nSPS) is 15.7. The van der Waals surface area contributed by atoms with Crippen LogP contribution in [-0.2, 0) is 11.3 Å². The highest BCUT2D eigenvalue weighted by Crippen LogP contribution is 2.37. The van der Waals surface area contributed by atoms with E-state index in [0.29, 0.717) is 26.2 Å². The number of hydrogen-bond acceptors (Lipinski definition) is 4. The van der Waals surface area contributed by atoms with Crippen molar-refractivity contribution in [3.8, 4) is 11.5 Å². The number of nitrogens with zero attached hydrogens (tertiary/aromatic N) is 3. The van der Waals surface area contributed by atoms with Gasteiger partial charge >= 0.3 is 0 Å². The summed E-state index contributed by atoms with van der Waals surface area (Å²) in [4.78, 5) is 19.9. The third-order valence-electron chi connectivity index (χ3n) is 6.17. The Kier molecular flexibility index (Phi) is 6.47. The molecule has 4 aromatic rings. The number of para-hydroxylation sites is 5. The summed E-state index contributed by atoms with van der Waals surface area (Å²) in [7, 11) is 0. The van der Waals surface area contributed by atoms with Crippen molar-refractivity contribution in [3.05, 3.63) is 84.7 Å². The maximum absolute atomic E-state index is 13.1. The quantitative estimate of drug-likeness (QED) is 0.316. The largest absolute Gasteiger partial charge is 0.494 e. The first-order chi connectivity index (χ1) is 16.7. The lowest BCUT2D eigenvalue weighted by atomic mass is 10.1. The molecule has 1 atom stereocenters. The van der Waals surface area contributed by atoms with Crippen LogP contribution in [0.5, 0.6) is 11.5 Å². The lowest BCUT2D eigenvalue weighted by molar-refractivity contribution is -0.117. The summed E-state index contributed by atoms with van der Waals surface area (Å²) >= 11 is 0. The van der Waals surface area contributed by atoms with Crippen LogP contribution in [0.3, 0.4) is 0 Å². The Hall–Kier alpha value is -3.80. The molecule has 6 nitrogen and oxygen atoms in total. The highest BCUT2D eigenvalue weighted by atomic mass is 16.5. The third kappa shape index (κ3) is 4.49. The maximum Gasteiger partial charge on any atom is 0.227 e. The van der Waals surface area contributed by atoms with E-state index in [1.54, 1.807) is 0 Å². The lowest BCUT2D eigenvalue weighted by Gasteiger charge is -2.20. The molecule has 1 aromatic heterocycles. The van der Waals surface area contributed by atoms with Gasteiger partial charge in [-0.3, -0.25) is 4.79 Å². The van der Waals surface area contributed by atoms with Gasteiger partial charge in [-0.25, -0.2) is 4.98 Å². The first kappa shape index (κ1) is 22.0. The van der Waals surface area contributed by atoms with Gasteiger partial charge in [0.05, 0.1) is 29.9 Å². The Bertz CT molecular complexity index is 1270. The van der Waals surface area contributed by atoms with Crippen LogP contribution >= 0.6 is 0 Å².